The van der Waals surface area contributed by atoms with Crippen LogP contribution in [0.25, 0.3) is 11.1 Å². The third-order valence-corrected chi connectivity index (χ3v) is 3.69. The van der Waals surface area contributed by atoms with Crippen molar-refractivity contribution in [2.24, 2.45) is 11.7 Å². The van der Waals surface area contributed by atoms with Gasteiger partial charge >= 0.3 is 11.9 Å². The van der Waals surface area contributed by atoms with E-state index in [0.29, 0.717) is 11.3 Å². The average Bonchev–Trinajstić information content (AvgIpc) is 3.15. The second-order valence-corrected chi connectivity index (χ2v) is 5.82. The Morgan fingerprint density at radius 1 is 1.28 bits per heavy atom. The quantitative estimate of drug-likeness (QED) is 0.543. The molecule has 8 nitrogen and oxygen atoms in total. The smallest absolute Gasteiger partial charge is 0.355 e. The van der Waals surface area contributed by atoms with E-state index < -0.39 is 18.0 Å². The summed E-state index contributed by atoms with van der Waals surface area (Å²) < 4.78 is 22.6. The molecule has 138 valence electrons. The van der Waals surface area contributed by atoms with Crippen molar-refractivity contribution < 1.29 is 28.2 Å². The summed E-state index contributed by atoms with van der Waals surface area (Å²) in [6.07, 6.45) is 1.53. The van der Waals surface area contributed by atoms with E-state index in [0.717, 1.165) is 5.52 Å². The Hall–Kier alpha value is -2.32. The first kappa shape index (κ1) is 19.0. The largest absolute Gasteiger partial charge is 0.463 e. The molecular weight excluding hydrogens is 328 g/mol. The van der Waals surface area contributed by atoms with Gasteiger partial charge in [-0.1, -0.05) is 13.8 Å². The number of furan rings is 1. The van der Waals surface area contributed by atoms with E-state index in [2.05, 4.69) is 0 Å². The molecule has 8 heteroatoms. The summed E-state index contributed by atoms with van der Waals surface area (Å²) in [4.78, 5) is 23.7. The van der Waals surface area contributed by atoms with Gasteiger partial charge in [-0.2, -0.15) is 0 Å². The number of nitrogens with two attached hydrogens (primary N) is 1. The molecule has 2 rings (SSSR count). The molecular formula is C17H24N2O6. The summed E-state index contributed by atoms with van der Waals surface area (Å²) >= 11 is 0. The Bertz CT molecular complexity index is 718. The van der Waals surface area contributed by atoms with Crippen LogP contribution in [0.5, 0.6) is 0 Å². The highest BCUT2D eigenvalue weighted by Crippen LogP contribution is 2.21. The Morgan fingerprint density at radius 3 is 2.72 bits per heavy atom. The zero-order chi connectivity index (χ0) is 18.4. The van der Waals surface area contributed by atoms with Gasteiger partial charge in [0, 0.05) is 12.1 Å². The zero-order valence-electron chi connectivity index (χ0n) is 14.7. The summed E-state index contributed by atoms with van der Waals surface area (Å²) in [5.74, 6) is -0.898. The number of fused-ring (bicyclic) bond motifs is 1. The number of hydrogen-bond donors (Lipinski definition) is 1. The number of esters is 2. The Labute approximate surface area is 145 Å². The molecule has 2 aromatic rings. The van der Waals surface area contributed by atoms with Crippen molar-refractivity contribution in [1.82, 2.24) is 4.57 Å². The van der Waals surface area contributed by atoms with Crippen molar-refractivity contribution in [3.63, 3.8) is 0 Å². The molecule has 0 amide bonds. The van der Waals surface area contributed by atoms with Crippen molar-refractivity contribution >= 4 is 23.0 Å². The monoisotopic (exact) mass is 352 g/mol. The van der Waals surface area contributed by atoms with Crippen LogP contribution in [-0.2, 0) is 25.7 Å². The average molecular weight is 352 g/mol. The van der Waals surface area contributed by atoms with E-state index in [9.17, 15) is 9.59 Å². The number of carbonyl (C=O) groups is 2. The molecule has 0 spiro atoms. The third kappa shape index (κ3) is 4.61. The molecule has 0 aliphatic heterocycles. The van der Waals surface area contributed by atoms with Crippen LogP contribution >= 0.6 is 0 Å². The molecule has 0 fully saturated rings. The van der Waals surface area contributed by atoms with Crippen LogP contribution < -0.4 is 5.73 Å². The van der Waals surface area contributed by atoms with Crippen LogP contribution in [0.15, 0.2) is 22.8 Å². The summed E-state index contributed by atoms with van der Waals surface area (Å²) in [5.41, 5.74) is 7.34. The second kappa shape index (κ2) is 8.68. The standard InChI is InChI=1S/C17H24N2O6/c1-4-23-16(20)13-9-14-12(5-6-24-14)19(13)10-22-7-8-25-17(21)15(18)11(2)3/h5-6,9,11,15H,4,7-8,10,18H2,1-3H3/t15-/m0/s1. The lowest BCUT2D eigenvalue weighted by molar-refractivity contribution is -0.148. The molecule has 0 unspecified atom stereocenters. The van der Waals surface area contributed by atoms with Crippen LogP contribution in [-0.4, -0.2) is 42.4 Å². The molecule has 1 atom stereocenters. The maximum Gasteiger partial charge on any atom is 0.355 e. The van der Waals surface area contributed by atoms with Crippen LogP contribution in [0.1, 0.15) is 31.3 Å². The fourth-order valence-electron chi connectivity index (χ4n) is 2.22. The first-order valence-electron chi connectivity index (χ1n) is 8.19. The van der Waals surface area contributed by atoms with Crippen molar-refractivity contribution in [1.29, 1.82) is 0 Å². The normalized spacial score (nSPS) is 12.5. The van der Waals surface area contributed by atoms with Gasteiger partial charge in [-0.25, -0.2) is 4.79 Å². The predicted molar refractivity (Wildman–Crippen MR) is 89.9 cm³/mol. The SMILES string of the molecule is CCOC(=O)c1cc2occc2n1COCCOC(=O)[C@@H](N)C(C)C. The van der Waals surface area contributed by atoms with Gasteiger partial charge in [0.2, 0.25) is 0 Å². The molecule has 2 aromatic heterocycles. The molecule has 0 saturated carbocycles. The summed E-state index contributed by atoms with van der Waals surface area (Å²) in [7, 11) is 0. The minimum absolute atomic E-state index is 0.00908. The topological polar surface area (TPSA) is 106 Å². The Morgan fingerprint density at radius 2 is 2.04 bits per heavy atom. The van der Waals surface area contributed by atoms with E-state index >= 15 is 0 Å². The Balaban J connectivity index is 1.90. The number of carbonyl (C=O) groups excluding carboxylic acids is 2. The summed E-state index contributed by atoms with van der Waals surface area (Å²) in [5, 5.41) is 0. The number of aromatic nitrogens is 1. The molecule has 0 aliphatic carbocycles. The van der Waals surface area contributed by atoms with Crippen LogP contribution in [0.4, 0.5) is 0 Å². The molecule has 0 aromatic carbocycles. The van der Waals surface area contributed by atoms with Crippen LogP contribution in [0.2, 0.25) is 0 Å². The van der Waals surface area contributed by atoms with Gasteiger partial charge in [-0.05, 0) is 12.8 Å². The van der Waals surface area contributed by atoms with Gasteiger partial charge in [0.1, 0.15) is 25.1 Å². The van der Waals surface area contributed by atoms with Crippen LogP contribution in [0, 0.1) is 5.92 Å². The van der Waals surface area contributed by atoms with Gasteiger partial charge in [0.15, 0.2) is 5.58 Å². The van der Waals surface area contributed by atoms with E-state index in [1.54, 1.807) is 23.6 Å². The molecule has 0 saturated heterocycles. The van der Waals surface area contributed by atoms with Gasteiger partial charge in [-0.3, -0.25) is 4.79 Å². The van der Waals surface area contributed by atoms with Crippen LogP contribution in [0.3, 0.4) is 0 Å². The lowest BCUT2D eigenvalue weighted by Gasteiger charge is -2.15. The fraction of sp³-hybridized carbons (Fsp3) is 0.529. The van der Waals surface area contributed by atoms with Crippen molar-refractivity contribution in [3.8, 4) is 0 Å². The molecule has 2 heterocycles. The Kier molecular flexibility index (Phi) is 6.60. The maximum absolute atomic E-state index is 12.0. The highest BCUT2D eigenvalue weighted by molar-refractivity contribution is 5.93. The van der Waals surface area contributed by atoms with Crippen molar-refractivity contribution in [3.05, 3.63) is 24.1 Å². The van der Waals surface area contributed by atoms with E-state index in [4.69, 9.17) is 24.4 Å². The molecule has 2 N–H and O–H groups in total. The maximum atomic E-state index is 12.0. The second-order valence-electron chi connectivity index (χ2n) is 5.82. The van der Waals surface area contributed by atoms with E-state index in [-0.39, 0.29) is 32.5 Å². The first-order chi connectivity index (χ1) is 12.0. The number of nitrogens with zero attached hydrogens (tertiary/aromatic N) is 1. The van der Waals surface area contributed by atoms with Gasteiger partial charge < -0.3 is 28.9 Å². The molecule has 0 radical (unpaired) electrons. The van der Waals surface area contributed by atoms with Crippen molar-refractivity contribution in [2.75, 3.05) is 19.8 Å². The lowest BCUT2D eigenvalue weighted by atomic mass is 10.1. The third-order valence-electron chi connectivity index (χ3n) is 3.69. The fourth-order valence-corrected chi connectivity index (χ4v) is 2.22. The van der Waals surface area contributed by atoms with Gasteiger partial charge in [-0.15, -0.1) is 0 Å². The van der Waals surface area contributed by atoms with E-state index in [1.807, 2.05) is 13.8 Å². The predicted octanol–water partition coefficient (Wildman–Crippen LogP) is 1.91. The highest BCUT2D eigenvalue weighted by atomic mass is 16.6. The highest BCUT2D eigenvalue weighted by Gasteiger charge is 2.20. The number of ether oxygens (including phenoxy) is 3. The van der Waals surface area contributed by atoms with Gasteiger partial charge in [0.25, 0.3) is 0 Å². The minimum Gasteiger partial charge on any atom is -0.463 e. The molecule has 25 heavy (non-hydrogen) atoms. The van der Waals surface area contributed by atoms with Crippen molar-refractivity contribution in [2.45, 2.75) is 33.5 Å². The van der Waals surface area contributed by atoms with E-state index in [1.165, 1.54) is 6.26 Å². The molecule has 0 bridgehead atoms. The number of rotatable bonds is 9. The summed E-state index contributed by atoms with van der Waals surface area (Å²) in [6, 6.07) is 2.70. The lowest BCUT2D eigenvalue weighted by Crippen LogP contribution is -2.37. The summed E-state index contributed by atoms with van der Waals surface area (Å²) in [6.45, 7) is 6.08. The zero-order valence-corrected chi connectivity index (χ0v) is 14.7. The minimum atomic E-state index is -0.648. The first-order valence-corrected chi connectivity index (χ1v) is 8.19. The molecule has 0 aliphatic rings. The van der Waals surface area contributed by atoms with Gasteiger partial charge in [0.05, 0.1) is 25.0 Å². The number of hydrogen-bond acceptors (Lipinski definition) is 7.